The molecule has 1 aromatic rings. The second kappa shape index (κ2) is 6.55. The van der Waals surface area contributed by atoms with Crippen LogP contribution >= 0.6 is 0 Å². The van der Waals surface area contributed by atoms with E-state index in [4.69, 9.17) is 15.9 Å². The van der Waals surface area contributed by atoms with Crippen LogP contribution in [0.15, 0.2) is 18.2 Å². The third kappa shape index (κ3) is 2.95. The summed E-state index contributed by atoms with van der Waals surface area (Å²) in [5.74, 6) is 3.47. The Morgan fingerprint density at radius 3 is 2.50 bits per heavy atom. The molecule has 1 aromatic carbocycles. The Bertz CT molecular complexity index is 463. The van der Waals surface area contributed by atoms with Crippen LogP contribution in [0.3, 0.4) is 0 Å². The minimum absolute atomic E-state index is 0.114. The van der Waals surface area contributed by atoms with Crippen LogP contribution in [-0.2, 0) is 0 Å². The van der Waals surface area contributed by atoms with Gasteiger partial charge in [-0.2, -0.15) is 0 Å². The number of rotatable bonds is 5. The lowest BCUT2D eigenvalue weighted by Gasteiger charge is -2.18. The van der Waals surface area contributed by atoms with E-state index in [0.717, 1.165) is 0 Å². The molecule has 0 saturated carbocycles. The summed E-state index contributed by atoms with van der Waals surface area (Å²) in [7, 11) is 3.08. The number of nitrogens with zero attached hydrogens (tertiary/aromatic N) is 1. The number of amides is 1. The van der Waals surface area contributed by atoms with Gasteiger partial charge in [0, 0.05) is 12.1 Å². The van der Waals surface area contributed by atoms with Crippen molar-refractivity contribution < 1.29 is 14.3 Å². The average molecular weight is 247 g/mol. The third-order valence-electron chi connectivity index (χ3n) is 2.58. The molecule has 0 N–H and O–H groups in total. The summed E-state index contributed by atoms with van der Waals surface area (Å²) in [5.41, 5.74) is 0.532. The molecule has 0 bridgehead atoms. The van der Waals surface area contributed by atoms with E-state index < -0.39 is 0 Å². The van der Waals surface area contributed by atoms with Gasteiger partial charge in [-0.25, -0.2) is 0 Å². The van der Waals surface area contributed by atoms with Gasteiger partial charge in [-0.1, -0.05) is 5.92 Å². The van der Waals surface area contributed by atoms with Crippen LogP contribution in [0, 0.1) is 12.3 Å². The first kappa shape index (κ1) is 13.9. The second-order valence-corrected chi connectivity index (χ2v) is 3.59. The molecule has 0 radical (unpaired) electrons. The van der Waals surface area contributed by atoms with Crippen molar-refractivity contribution >= 4 is 5.91 Å². The van der Waals surface area contributed by atoms with E-state index in [2.05, 4.69) is 5.92 Å². The normalized spacial score (nSPS) is 9.44. The van der Waals surface area contributed by atoms with E-state index in [-0.39, 0.29) is 5.91 Å². The molecule has 4 heteroatoms. The molecule has 18 heavy (non-hydrogen) atoms. The van der Waals surface area contributed by atoms with Crippen LogP contribution in [0.1, 0.15) is 17.3 Å². The van der Waals surface area contributed by atoms with Gasteiger partial charge in [0.1, 0.15) is 0 Å². The smallest absolute Gasteiger partial charge is 0.254 e. The number of methoxy groups -OCH3 is 2. The SMILES string of the molecule is C#CCN(CC)C(=O)c1ccc(OC)c(OC)c1. The fourth-order valence-corrected chi connectivity index (χ4v) is 1.59. The van der Waals surface area contributed by atoms with E-state index in [0.29, 0.717) is 30.2 Å². The molecule has 1 rings (SSSR count). The summed E-state index contributed by atoms with van der Waals surface area (Å²) in [5, 5.41) is 0. The van der Waals surface area contributed by atoms with Gasteiger partial charge in [0.15, 0.2) is 11.5 Å². The van der Waals surface area contributed by atoms with E-state index in [1.807, 2.05) is 6.92 Å². The largest absolute Gasteiger partial charge is 0.493 e. The molecule has 0 fully saturated rings. The monoisotopic (exact) mass is 247 g/mol. The molecule has 4 nitrogen and oxygen atoms in total. The van der Waals surface area contributed by atoms with E-state index in [1.54, 1.807) is 30.2 Å². The van der Waals surface area contributed by atoms with Gasteiger partial charge in [0.25, 0.3) is 5.91 Å². The number of terminal acetylenes is 1. The first-order valence-corrected chi connectivity index (χ1v) is 5.62. The maximum atomic E-state index is 12.2. The highest BCUT2D eigenvalue weighted by molar-refractivity contribution is 5.95. The van der Waals surface area contributed by atoms with Crippen molar-refractivity contribution in [1.29, 1.82) is 0 Å². The Morgan fingerprint density at radius 1 is 1.33 bits per heavy atom. The van der Waals surface area contributed by atoms with Crippen molar-refractivity contribution in [2.75, 3.05) is 27.3 Å². The molecular formula is C14H17NO3. The first-order valence-electron chi connectivity index (χ1n) is 5.62. The lowest BCUT2D eigenvalue weighted by atomic mass is 10.1. The highest BCUT2D eigenvalue weighted by Gasteiger charge is 2.15. The highest BCUT2D eigenvalue weighted by Crippen LogP contribution is 2.27. The number of hydrogen-bond donors (Lipinski definition) is 0. The van der Waals surface area contributed by atoms with Crippen molar-refractivity contribution in [3.05, 3.63) is 23.8 Å². The van der Waals surface area contributed by atoms with E-state index in [9.17, 15) is 4.79 Å². The molecule has 0 spiro atoms. The number of ether oxygens (including phenoxy) is 2. The van der Waals surface area contributed by atoms with Gasteiger partial charge < -0.3 is 14.4 Å². The minimum atomic E-state index is -0.114. The van der Waals surface area contributed by atoms with E-state index in [1.165, 1.54) is 7.11 Å². The van der Waals surface area contributed by atoms with Gasteiger partial charge in [0.2, 0.25) is 0 Å². The van der Waals surface area contributed by atoms with Crippen LogP contribution in [0.5, 0.6) is 11.5 Å². The van der Waals surface area contributed by atoms with Gasteiger partial charge in [0.05, 0.1) is 20.8 Å². The zero-order valence-corrected chi connectivity index (χ0v) is 10.9. The predicted octanol–water partition coefficient (Wildman–Crippen LogP) is 1.80. The summed E-state index contributed by atoms with van der Waals surface area (Å²) in [6.45, 7) is 2.75. The van der Waals surface area contributed by atoms with Gasteiger partial charge in [-0.15, -0.1) is 6.42 Å². The van der Waals surface area contributed by atoms with Crippen LogP contribution in [0.25, 0.3) is 0 Å². The fourth-order valence-electron chi connectivity index (χ4n) is 1.59. The molecule has 0 aliphatic carbocycles. The van der Waals surface area contributed by atoms with Crippen molar-refractivity contribution in [3.63, 3.8) is 0 Å². The molecule has 0 saturated heterocycles. The van der Waals surface area contributed by atoms with Crippen molar-refractivity contribution in [1.82, 2.24) is 4.90 Å². The van der Waals surface area contributed by atoms with Gasteiger partial charge in [-0.05, 0) is 25.1 Å². The van der Waals surface area contributed by atoms with Crippen LogP contribution in [0.2, 0.25) is 0 Å². The molecule has 0 aliphatic rings. The number of carbonyl (C=O) groups excluding carboxylic acids is 1. The van der Waals surface area contributed by atoms with Crippen LogP contribution < -0.4 is 9.47 Å². The maximum absolute atomic E-state index is 12.2. The quantitative estimate of drug-likeness (QED) is 0.745. The standard InChI is InChI=1S/C14H17NO3/c1-5-9-15(6-2)14(16)11-7-8-12(17-3)13(10-11)18-4/h1,7-8,10H,6,9H2,2-4H3. The average Bonchev–Trinajstić information content (AvgIpc) is 2.43. The summed E-state index contributed by atoms with van der Waals surface area (Å²) in [6, 6.07) is 5.05. The third-order valence-corrected chi connectivity index (χ3v) is 2.58. The van der Waals surface area contributed by atoms with Crippen molar-refractivity contribution in [2.24, 2.45) is 0 Å². The lowest BCUT2D eigenvalue weighted by molar-refractivity contribution is 0.0784. The number of benzene rings is 1. The van der Waals surface area contributed by atoms with Crippen molar-refractivity contribution in [3.8, 4) is 23.8 Å². The Hall–Kier alpha value is -2.15. The summed E-state index contributed by atoms with van der Waals surface area (Å²) < 4.78 is 10.3. The number of hydrogen-bond acceptors (Lipinski definition) is 3. The first-order chi connectivity index (χ1) is 8.67. The predicted molar refractivity (Wildman–Crippen MR) is 70.0 cm³/mol. The second-order valence-electron chi connectivity index (χ2n) is 3.59. The summed E-state index contributed by atoms with van der Waals surface area (Å²) in [6.07, 6.45) is 5.23. The Kier molecular flexibility index (Phi) is 5.06. The van der Waals surface area contributed by atoms with Gasteiger partial charge in [-0.3, -0.25) is 4.79 Å². The van der Waals surface area contributed by atoms with Crippen LogP contribution in [0.4, 0.5) is 0 Å². The molecule has 0 heterocycles. The number of carbonyl (C=O) groups is 1. The van der Waals surface area contributed by atoms with Crippen molar-refractivity contribution in [2.45, 2.75) is 6.92 Å². The Labute approximate surface area is 107 Å². The topological polar surface area (TPSA) is 38.8 Å². The zero-order valence-electron chi connectivity index (χ0n) is 10.9. The molecule has 0 aliphatic heterocycles. The summed E-state index contributed by atoms with van der Waals surface area (Å²) >= 11 is 0. The molecule has 1 amide bonds. The zero-order chi connectivity index (χ0) is 13.5. The minimum Gasteiger partial charge on any atom is -0.493 e. The summed E-state index contributed by atoms with van der Waals surface area (Å²) in [4.78, 5) is 13.8. The molecule has 0 unspecified atom stereocenters. The maximum Gasteiger partial charge on any atom is 0.254 e. The Morgan fingerprint density at radius 2 is 2.00 bits per heavy atom. The Balaban J connectivity index is 3.03. The molecule has 0 aromatic heterocycles. The fraction of sp³-hybridized carbons (Fsp3) is 0.357. The molecule has 96 valence electrons. The van der Waals surface area contributed by atoms with Crippen LogP contribution in [-0.4, -0.2) is 38.1 Å². The highest BCUT2D eigenvalue weighted by atomic mass is 16.5. The van der Waals surface area contributed by atoms with E-state index >= 15 is 0 Å². The van der Waals surface area contributed by atoms with Gasteiger partial charge >= 0.3 is 0 Å². The molecule has 0 atom stereocenters. The lowest BCUT2D eigenvalue weighted by Crippen LogP contribution is -2.31. The molecular weight excluding hydrogens is 230 g/mol.